The molecule has 1 heterocycles. The van der Waals surface area contributed by atoms with Gasteiger partial charge in [0.2, 0.25) is 4.80 Å². The second-order valence-corrected chi connectivity index (χ2v) is 7.19. The number of aromatic nitrogens is 1. The molecule has 0 saturated heterocycles. The molecule has 29 heavy (non-hydrogen) atoms. The van der Waals surface area contributed by atoms with Crippen molar-refractivity contribution < 1.29 is 4.74 Å². The summed E-state index contributed by atoms with van der Waals surface area (Å²) in [6.45, 7) is 4.31. The Morgan fingerprint density at radius 1 is 1.03 bits per heavy atom. The predicted molar refractivity (Wildman–Crippen MR) is 122 cm³/mol. The highest BCUT2D eigenvalue weighted by Crippen LogP contribution is 2.27. The van der Waals surface area contributed by atoms with Crippen molar-refractivity contribution in [3.63, 3.8) is 0 Å². The fourth-order valence-corrected chi connectivity index (χ4v) is 4.02. The van der Waals surface area contributed by atoms with Crippen molar-refractivity contribution in [2.75, 3.05) is 13.7 Å². The molecule has 0 atom stereocenters. The number of fused-ring (bicyclic) bond motifs is 1. The lowest BCUT2D eigenvalue weighted by Crippen LogP contribution is -2.12. The van der Waals surface area contributed by atoms with Crippen LogP contribution in [0.25, 0.3) is 22.0 Å². The molecular formula is C24H21N3OS. The lowest BCUT2D eigenvalue weighted by Gasteiger charge is -2.09. The summed E-state index contributed by atoms with van der Waals surface area (Å²) in [5, 5.41) is 9.13. The van der Waals surface area contributed by atoms with Crippen molar-refractivity contribution in [2.24, 2.45) is 10.1 Å². The summed E-state index contributed by atoms with van der Waals surface area (Å²) in [4.78, 5) is 5.43. The van der Waals surface area contributed by atoms with Gasteiger partial charge in [-0.2, -0.15) is 5.10 Å². The van der Waals surface area contributed by atoms with E-state index in [0.717, 1.165) is 38.1 Å². The number of nitrogens with zero attached hydrogens (tertiary/aromatic N) is 3. The molecule has 144 valence electrons. The lowest BCUT2D eigenvalue weighted by molar-refractivity contribution is 0.415. The Labute approximate surface area is 173 Å². The first kappa shape index (κ1) is 18.9. The van der Waals surface area contributed by atoms with Gasteiger partial charge in [-0.3, -0.25) is 4.99 Å². The number of rotatable bonds is 6. The Hall–Kier alpha value is -3.44. The SMILES string of the molecule is C=CCN=c1scc(-c2ccccc2)n1N=Cc1c(OC)ccc2ccccc12. The van der Waals surface area contributed by atoms with Crippen LogP contribution in [0, 0.1) is 0 Å². The summed E-state index contributed by atoms with van der Waals surface area (Å²) < 4.78 is 7.48. The molecule has 0 aliphatic heterocycles. The second-order valence-electron chi connectivity index (χ2n) is 6.36. The van der Waals surface area contributed by atoms with Gasteiger partial charge in [0.05, 0.1) is 25.6 Å². The van der Waals surface area contributed by atoms with E-state index in [-0.39, 0.29) is 0 Å². The van der Waals surface area contributed by atoms with Crippen LogP contribution >= 0.6 is 11.3 Å². The molecule has 0 unspecified atom stereocenters. The maximum Gasteiger partial charge on any atom is 0.206 e. The van der Waals surface area contributed by atoms with E-state index < -0.39 is 0 Å². The van der Waals surface area contributed by atoms with Crippen molar-refractivity contribution in [3.8, 4) is 17.0 Å². The average Bonchev–Trinajstić information content (AvgIpc) is 3.19. The summed E-state index contributed by atoms with van der Waals surface area (Å²) in [6.07, 6.45) is 3.64. The predicted octanol–water partition coefficient (Wildman–Crippen LogP) is 5.35. The summed E-state index contributed by atoms with van der Waals surface area (Å²) in [7, 11) is 1.68. The van der Waals surface area contributed by atoms with E-state index in [4.69, 9.17) is 9.84 Å². The first-order valence-corrected chi connectivity index (χ1v) is 10.2. The Balaban J connectivity index is 1.88. The normalized spacial score (nSPS) is 12.0. The molecule has 0 fully saturated rings. The van der Waals surface area contributed by atoms with Crippen LogP contribution in [0.1, 0.15) is 5.56 Å². The van der Waals surface area contributed by atoms with Crippen LogP contribution in [-0.2, 0) is 0 Å². The Bertz CT molecular complexity index is 1240. The van der Waals surface area contributed by atoms with Crippen molar-refractivity contribution >= 4 is 28.3 Å². The average molecular weight is 400 g/mol. The maximum absolute atomic E-state index is 5.60. The van der Waals surface area contributed by atoms with Crippen molar-refractivity contribution in [2.45, 2.75) is 0 Å². The smallest absolute Gasteiger partial charge is 0.206 e. The van der Waals surface area contributed by atoms with Gasteiger partial charge in [-0.25, -0.2) is 4.68 Å². The highest BCUT2D eigenvalue weighted by atomic mass is 32.1. The third kappa shape index (κ3) is 3.91. The third-order valence-corrected chi connectivity index (χ3v) is 5.42. The Kier molecular flexibility index (Phi) is 5.68. The number of ether oxygens (including phenoxy) is 1. The molecule has 0 radical (unpaired) electrons. The molecule has 1 aromatic heterocycles. The van der Waals surface area contributed by atoms with Crippen LogP contribution in [0.4, 0.5) is 0 Å². The minimum atomic E-state index is 0.544. The van der Waals surface area contributed by atoms with Gasteiger partial charge in [0.15, 0.2) is 0 Å². The van der Waals surface area contributed by atoms with Gasteiger partial charge in [-0.05, 0) is 16.8 Å². The van der Waals surface area contributed by atoms with Crippen LogP contribution < -0.4 is 9.54 Å². The highest BCUT2D eigenvalue weighted by Gasteiger charge is 2.09. The van der Waals surface area contributed by atoms with Crippen LogP contribution in [0.15, 0.2) is 94.9 Å². The van der Waals surface area contributed by atoms with Crippen molar-refractivity contribution in [1.82, 2.24) is 4.68 Å². The van der Waals surface area contributed by atoms with E-state index in [2.05, 4.69) is 47.3 Å². The molecular weight excluding hydrogens is 378 g/mol. The van der Waals surface area contributed by atoms with Crippen LogP contribution in [0.3, 0.4) is 0 Å². The van der Waals surface area contributed by atoms with E-state index in [1.807, 2.05) is 47.3 Å². The van der Waals surface area contributed by atoms with Crippen molar-refractivity contribution in [3.05, 3.63) is 95.1 Å². The van der Waals surface area contributed by atoms with E-state index in [1.54, 1.807) is 24.5 Å². The maximum atomic E-state index is 5.60. The topological polar surface area (TPSA) is 38.9 Å². The highest BCUT2D eigenvalue weighted by molar-refractivity contribution is 7.07. The standard InChI is InChI=1S/C24H21N3OS/c1-3-15-25-24-27(22(17-29-24)19-10-5-4-6-11-19)26-16-21-20-12-8-7-9-18(20)13-14-23(21)28-2/h3-14,16-17H,1,15H2,2H3. The largest absolute Gasteiger partial charge is 0.496 e. The molecule has 0 aliphatic rings. The Morgan fingerprint density at radius 2 is 1.83 bits per heavy atom. The van der Waals surface area contributed by atoms with E-state index in [1.165, 1.54) is 0 Å². The van der Waals surface area contributed by atoms with E-state index in [9.17, 15) is 0 Å². The first-order chi connectivity index (χ1) is 14.3. The summed E-state index contributed by atoms with van der Waals surface area (Å²) in [5.74, 6) is 0.786. The van der Waals surface area contributed by atoms with E-state index in [0.29, 0.717) is 6.54 Å². The van der Waals surface area contributed by atoms with Gasteiger partial charge < -0.3 is 4.74 Å². The zero-order valence-electron chi connectivity index (χ0n) is 16.2. The molecule has 4 nitrogen and oxygen atoms in total. The second kappa shape index (κ2) is 8.71. The minimum Gasteiger partial charge on any atom is -0.496 e. The van der Waals surface area contributed by atoms with Crippen molar-refractivity contribution in [1.29, 1.82) is 0 Å². The van der Waals surface area contributed by atoms with Gasteiger partial charge in [0.25, 0.3) is 0 Å². The number of methoxy groups -OCH3 is 1. The molecule has 5 heteroatoms. The van der Waals surface area contributed by atoms with Gasteiger partial charge >= 0.3 is 0 Å². The van der Waals surface area contributed by atoms with Crippen LogP contribution in [-0.4, -0.2) is 24.5 Å². The molecule has 0 spiro atoms. The zero-order chi connectivity index (χ0) is 20.1. The number of hydrogen-bond acceptors (Lipinski definition) is 4. The Morgan fingerprint density at radius 3 is 2.62 bits per heavy atom. The lowest BCUT2D eigenvalue weighted by atomic mass is 10.0. The quantitative estimate of drug-likeness (QED) is 0.318. The van der Waals surface area contributed by atoms with Gasteiger partial charge in [-0.1, -0.05) is 66.7 Å². The van der Waals surface area contributed by atoms with E-state index >= 15 is 0 Å². The molecule has 0 N–H and O–H groups in total. The molecule has 0 bridgehead atoms. The third-order valence-electron chi connectivity index (χ3n) is 4.56. The molecule has 4 aromatic rings. The molecule has 0 amide bonds. The molecule has 0 aliphatic carbocycles. The summed E-state index contributed by atoms with van der Waals surface area (Å²) >= 11 is 1.56. The van der Waals surface area contributed by atoms with Gasteiger partial charge in [-0.15, -0.1) is 17.9 Å². The zero-order valence-corrected chi connectivity index (χ0v) is 17.0. The summed E-state index contributed by atoms with van der Waals surface area (Å²) in [5.41, 5.74) is 3.03. The molecule has 3 aromatic carbocycles. The number of thiazole rings is 1. The number of benzene rings is 3. The fraction of sp³-hybridized carbons (Fsp3) is 0.0833. The van der Waals surface area contributed by atoms with Gasteiger partial charge in [0.1, 0.15) is 5.75 Å². The molecule has 4 rings (SSSR count). The first-order valence-electron chi connectivity index (χ1n) is 9.29. The van der Waals surface area contributed by atoms with Crippen LogP contribution in [0.2, 0.25) is 0 Å². The summed E-state index contributed by atoms with van der Waals surface area (Å²) in [6, 6.07) is 22.5. The molecule has 0 saturated carbocycles. The van der Waals surface area contributed by atoms with Gasteiger partial charge in [0, 0.05) is 16.5 Å². The van der Waals surface area contributed by atoms with Crippen LogP contribution in [0.5, 0.6) is 5.75 Å². The fourth-order valence-electron chi connectivity index (χ4n) is 3.17. The monoisotopic (exact) mass is 399 g/mol. The minimum absolute atomic E-state index is 0.544. The number of hydrogen-bond donors (Lipinski definition) is 0.